The van der Waals surface area contributed by atoms with Crippen LogP contribution in [0.3, 0.4) is 0 Å². The topological polar surface area (TPSA) is 53.8 Å². The second kappa shape index (κ2) is 7.62. The molecule has 0 aliphatic heterocycles. The van der Waals surface area contributed by atoms with Crippen molar-refractivity contribution in [3.63, 3.8) is 0 Å². The molecule has 0 radical (unpaired) electrons. The molecule has 0 fully saturated rings. The van der Waals surface area contributed by atoms with E-state index in [2.05, 4.69) is 36.8 Å². The molecular formula is C18H21Cl2N3. The summed E-state index contributed by atoms with van der Waals surface area (Å²) in [6.45, 7) is 8.59. The number of rotatable bonds is 6. The van der Waals surface area contributed by atoms with Crippen molar-refractivity contribution in [1.82, 2.24) is 4.98 Å². The van der Waals surface area contributed by atoms with Crippen molar-refractivity contribution < 1.29 is 0 Å². The van der Waals surface area contributed by atoms with E-state index in [1.165, 1.54) is 16.8 Å². The Morgan fingerprint density at radius 1 is 1.22 bits per heavy atom. The molecule has 1 aromatic carbocycles. The van der Waals surface area contributed by atoms with Crippen LogP contribution in [0.15, 0.2) is 30.9 Å². The Kier molecular flexibility index (Phi) is 5.80. The maximum atomic E-state index is 6.20. The van der Waals surface area contributed by atoms with Crippen LogP contribution in [-0.4, -0.2) is 11.5 Å². The molecule has 2 aromatic rings. The van der Waals surface area contributed by atoms with Gasteiger partial charge in [0, 0.05) is 23.6 Å². The minimum absolute atomic E-state index is 0.531. The van der Waals surface area contributed by atoms with Crippen molar-refractivity contribution >= 4 is 40.7 Å². The number of allylic oxidation sites excluding steroid dienone is 2. The summed E-state index contributed by atoms with van der Waals surface area (Å²) in [4.78, 5) is 3.38. The maximum Gasteiger partial charge on any atom is 0.0720 e. The predicted octanol–water partition coefficient (Wildman–Crippen LogP) is 5.37. The zero-order valence-electron chi connectivity index (χ0n) is 13.3. The molecule has 0 saturated heterocycles. The van der Waals surface area contributed by atoms with Crippen LogP contribution in [0.1, 0.15) is 22.5 Å². The van der Waals surface area contributed by atoms with Crippen molar-refractivity contribution in [3.8, 4) is 0 Å². The van der Waals surface area contributed by atoms with Crippen LogP contribution in [0.25, 0.3) is 6.08 Å². The lowest BCUT2D eigenvalue weighted by Crippen LogP contribution is -2.07. The minimum Gasteiger partial charge on any atom is -0.399 e. The highest BCUT2D eigenvalue weighted by Gasteiger charge is 2.11. The number of aromatic nitrogens is 1. The summed E-state index contributed by atoms with van der Waals surface area (Å²) >= 11 is 12.4. The first-order valence-electron chi connectivity index (χ1n) is 7.39. The van der Waals surface area contributed by atoms with Crippen molar-refractivity contribution in [2.45, 2.75) is 20.3 Å². The number of hydrogen-bond acceptors (Lipinski definition) is 2. The number of nitrogens with one attached hydrogen (secondary N) is 2. The maximum absolute atomic E-state index is 6.20. The first-order chi connectivity index (χ1) is 10.9. The standard InChI is InChI=1S/C18H21Cl2N3/c1-4-5-6-14-11(2)23-12(3)15(14)7-8-22-18-16(19)9-13(21)10-17(18)20/h4-6,9-10,22-23H,1,7-8,21H2,2-3H3/b6-5-. The van der Waals surface area contributed by atoms with Crippen molar-refractivity contribution in [2.24, 2.45) is 0 Å². The molecule has 0 saturated carbocycles. The lowest BCUT2D eigenvalue weighted by Gasteiger charge is -2.12. The number of H-pyrrole nitrogens is 1. The molecule has 1 aromatic heterocycles. The highest BCUT2D eigenvalue weighted by Crippen LogP contribution is 2.33. The number of aromatic amines is 1. The zero-order valence-corrected chi connectivity index (χ0v) is 14.9. The summed E-state index contributed by atoms with van der Waals surface area (Å²) < 4.78 is 0. The van der Waals surface area contributed by atoms with E-state index in [9.17, 15) is 0 Å². The third-order valence-corrected chi connectivity index (χ3v) is 4.29. The molecule has 0 spiro atoms. The van der Waals surface area contributed by atoms with Gasteiger partial charge in [0.05, 0.1) is 15.7 Å². The van der Waals surface area contributed by atoms with Crippen LogP contribution in [0, 0.1) is 13.8 Å². The summed E-state index contributed by atoms with van der Waals surface area (Å²) in [5.74, 6) is 0. The second-order valence-electron chi connectivity index (χ2n) is 5.40. The molecule has 23 heavy (non-hydrogen) atoms. The quantitative estimate of drug-likeness (QED) is 0.484. The van der Waals surface area contributed by atoms with E-state index in [1.54, 1.807) is 18.2 Å². The van der Waals surface area contributed by atoms with E-state index >= 15 is 0 Å². The van der Waals surface area contributed by atoms with Gasteiger partial charge in [0.2, 0.25) is 0 Å². The largest absolute Gasteiger partial charge is 0.399 e. The van der Waals surface area contributed by atoms with Crippen LogP contribution < -0.4 is 11.1 Å². The molecule has 122 valence electrons. The highest BCUT2D eigenvalue weighted by molar-refractivity contribution is 6.39. The van der Waals surface area contributed by atoms with E-state index in [0.717, 1.165) is 24.3 Å². The lowest BCUT2D eigenvalue weighted by molar-refractivity contribution is 1.00. The molecular weight excluding hydrogens is 329 g/mol. The Labute approximate surface area is 147 Å². The first-order valence-corrected chi connectivity index (χ1v) is 8.15. The molecule has 0 bridgehead atoms. The molecule has 0 unspecified atom stereocenters. The van der Waals surface area contributed by atoms with Gasteiger partial charge in [-0.15, -0.1) is 0 Å². The van der Waals surface area contributed by atoms with Crippen LogP contribution in [0.4, 0.5) is 11.4 Å². The number of halogens is 2. The van der Waals surface area contributed by atoms with E-state index in [1.807, 2.05) is 6.08 Å². The molecule has 2 rings (SSSR count). The van der Waals surface area contributed by atoms with E-state index in [0.29, 0.717) is 15.7 Å². The van der Waals surface area contributed by atoms with Gasteiger partial charge in [0.15, 0.2) is 0 Å². The van der Waals surface area contributed by atoms with Gasteiger partial charge in [-0.2, -0.15) is 0 Å². The average Bonchev–Trinajstić information content (AvgIpc) is 2.73. The van der Waals surface area contributed by atoms with Gasteiger partial charge in [-0.05, 0) is 43.5 Å². The number of anilines is 2. The van der Waals surface area contributed by atoms with E-state index in [-0.39, 0.29) is 0 Å². The number of benzene rings is 1. The highest BCUT2D eigenvalue weighted by atomic mass is 35.5. The Balaban J connectivity index is 2.13. The van der Waals surface area contributed by atoms with Crippen molar-refractivity contribution in [3.05, 3.63) is 63.4 Å². The Morgan fingerprint density at radius 3 is 2.48 bits per heavy atom. The second-order valence-corrected chi connectivity index (χ2v) is 6.21. The molecule has 0 amide bonds. The van der Waals surface area contributed by atoms with Gasteiger partial charge < -0.3 is 16.0 Å². The fourth-order valence-electron chi connectivity index (χ4n) is 2.64. The van der Waals surface area contributed by atoms with Crippen LogP contribution in [0.5, 0.6) is 0 Å². The van der Waals surface area contributed by atoms with Crippen LogP contribution in [0.2, 0.25) is 10.0 Å². The SMILES string of the molecule is C=C/C=C\c1c(C)[nH]c(C)c1CCNc1c(Cl)cc(N)cc1Cl. The Hall–Kier alpha value is -1.84. The number of nitrogen functional groups attached to an aromatic ring is 1. The van der Waals surface area contributed by atoms with Gasteiger partial charge in [0.25, 0.3) is 0 Å². The van der Waals surface area contributed by atoms with Gasteiger partial charge in [-0.3, -0.25) is 0 Å². The molecule has 3 nitrogen and oxygen atoms in total. The molecule has 1 heterocycles. The van der Waals surface area contributed by atoms with Crippen molar-refractivity contribution in [2.75, 3.05) is 17.6 Å². The summed E-state index contributed by atoms with van der Waals surface area (Å²) in [5.41, 5.74) is 11.8. The summed E-state index contributed by atoms with van der Waals surface area (Å²) in [6.07, 6.45) is 6.65. The third kappa shape index (κ3) is 4.12. The zero-order chi connectivity index (χ0) is 17.0. The lowest BCUT2D eigenvalue weighted by atomic mass is 10.1. The van der Waals surface area contributed by atoms with Crippen molar-refractivity contribution in [1.29, 1.82) is 0 Å². The summed E-state index contributed by atoms with van der Waals surface area (Å²) in [5, 5.41) is 4.36. The van der Waals surface area contributed by atoms with Gasteiger partial charge in [0.1, 0.15) is 0 Å². The monoisotopic (exact) mass is 349 g/mol. The van der Waals surface area contributed by atoms with Crippen LogP contribution in [-0.2, 0) is 6.42 Å². The third-order valence-electron chi connectivity index (χ3n) is 3.70. The van der Waals surface area contributed by atoms with E-state index in [4.69, 9.17) is 28.9 Å². The average molecular weight is 350 g/mol. The number of aryl methyl sites for hydroxylation is 2. The predicted molar refractivity (Wildman–Crippen MR) is 103 cm³/mol. The summed E-state index contributed by atoms with van der Waals surface area (Å²) in [6, 6.07) is 3.39. The molecule has 4 N–H and O–H groups in total. The molecule has 0 atom stereocenters. The first kappa shape index (κ1) is 17.5. The van der Waals surface area contributed by atoms with Crippen LogP contribution >= 0.6 is 23.2 Å². The van der Waals surface area contributed by atoms with E-state index < -0.39 is 0 Å². The Morgan fingerprint density at radius 2 is 1.87 bits per heavy atom. The molecule has 0 aliphatic rings. The molecule has 5 heteroatoms. The number of hydrogen-bond donors (Lipinski definition) is 3. The van der Waals surface area contributed by atoms with Gasteiger partial charge >= 0.3 is 0 Å². The fraction of sp³-hybridized carbons (Fsp3) is 0.222. The number of nitrogens with two attached hydrogens (primary N) is 1. The molecule has 0 aliphatic carbocycles. The van der Waals surface area contributed by atoms with Gasteiger partial charge in [-0.1, -0.05) is 48.0 Å². The minimum atomic E-state index is 0.531. The summed E-state index contributed by atoms with van der Waals surface area (Å²) in [7, 11) is 0. The smallest absolute Gasteiger partial charge is 0.0720 e. The fourth-order valence-corrected chi connectivity index (χ4v) is 3.28. The van der Waals surface area contributed by atoms with Gasteiger partial charge in [-0.25, -0.2) is 0 Å². The normalized spacial score (nSPS) is 11.1. The Bertz CT molecular complexity index is 722.